The van der Waals surface area contributed by atoms with Crippen molar-refractivity contribution < 1.29 is 17.5 Å². The van der Waals surface area contributed by atoms with E-state index in [9.17, 15) is 12.8 Å². The van der Waals surface area contributed by atoms with Gasteiger partial charge in [0.15, 0.2) is 21.4 Å². The van der Waals surface area contributed by atoms with Gasteiger partial charge in [-0.05, 0) is 13.8 Å². The Balaban J connectivity index is 2.27. The highest BCUT2D eigenvalue weighted by Crippen LogP contribution is 2.32. The first kappa shape index (κ1) is 14.9. The van der Waals surface area contributed by atoms with E-state index in [1.165, 1.54) is 6.07 Å². The molecule has 0 atom stereocenters. The van der Waals surface area contributed by atoms with Gasteiger partial charge in [-0.15, -0.1) is 0 Å². The van der Waals surface area contributed by atoms with Crippen molar-refractivity contribution in [1.82, 2.24) is 0 Å². The van der Waals surface area contributed by atoms with Crippen LogP contribution in [0.2, 0.25) is 0 Å². The number of benzene rings is 1. The number of hydrogen-bond donors (Lipinski definition) is 1. The molecule has 0 radical (unpaired) electrons. The van der Waals surface area contributed by atoms with Crippen LogP contribution in [0.3, 0.4) is 0 Å². The minimum atomic E-state index is -2.96. The van der Waals surface area contributed by atoms with Crippen molar-refractivity contribution in [3.63, 3.8) is 0 Å². The Morgan fingerprint density at radius 2 is 1.90 bits per heavy atom. The van der Waals surface area contributed by atoms with Crippen molar-refractivity contribution in [2.24, 2.45) is 0 Å². The molecule has 0 spiro atoms. The summed E-state index contributed by atoms with van der Waals surface area (Å²) in [6.45, 7) is 4.34. The number of rotatable bonds is 3. The third-order valence-corrected chi connectivity index (χ3v) is 4.74. The second-order valence-electron chi connectivity index (χ2n) is 5.15. The van der Waals surface area contributed by atoms with Crippen LogP contribution in [0.15, 0.2) is 12.1 Å². The van der Waals surface area contributed by atoms with Crippen molar-refractivity contribution in [3.8, 4) is 5.75 Å². The molecule has 1 aliphatic rings. The molecule has 1 aliphatic heterocycles. The zero-order valence-electron chi connectivity index (χ0n) is 11.6. The molecule has 112 valence electrons. The topological polar surface area (TPSA) is 72.6 Å². The van der Waals surface area contributed by atoms with Gasteiger partial charge < -0.3 is 15.4 Å². The minimum Gasteiger partial charge on any atom is -0.488 e. The van der Waals surface area contributed by atoms with Gasteiger partial charge in [-0.1, -0.05) is 0 Å². The number of hydrogen-bond acceptors (Lipinski definition) is 5. The standard InChI is InChI=1S/C13H19FN2O3S/c1-9(2)19-13-8-12(11(15)7-10(13)14)16-3-5-20(17,18)6-4-16/h7-9H,3-6,15H2,1-2H3. The Morgan fingerprint density at radius 1 is 1.30 bits per heavy atom. The van der Waals surface area contributed by atoms with Crippen LogP contribution in [0, 0.1) is 5.82 Å². The van der Waals surface area contributed by atoms with Gasteiger partial charge in [0.05, 0.1) is 29.0 Å². The summed E-state index contributed by atoms with van der Waals surface area (Å²) in [5.74, 6) is -0.198. The number of halogens is 1. The highest BCUT2D eigenvalue weighted by Gasteiger charge is 2.24. The van der Waals surface area contributed by atoms with Gasteiger partial charge in [-0.3, -0.25) is 0 Å². The maximum Gasteiger partial charge on any atom is 0.167 e. The summed E-state index contributed by atoms with van der Waals surface area (Å²) in [6.07, 6.45) is -0.150. The zero-order chi connectivity index (χ0) is 14.9. The third kappa shape index (κ3) is 3.33. The van der Waals surface area contributed by atoms with Crippen LogP contribution in [0.25, 0.3) is 0 Å². The summed E-state index contributed by atoms with van der Waals surface area (Å²) in [5.41, 5.74) is 6.74. The van der Waals surface area contributed by atoms with E-state index in [0.29, 0.717) is 18.8 Å². The van der Waals surface area contributed by atoms with Crippen molar-refractivity contribution in [1.29, 1.82) is 0 Å². The summed E-state index contributed by atoms with van der Waals surface area (Å²) in [5, 5.41) is 0. The molecule has 0 aliphatic carbocycles. The van der Waals surface area contributed by atoms with E-state index in [2.05, 4.69) is 0 Å². The fourth-order valence-corrected chi connectivity index (χ4v) is 3.33. The molecule has 20 heavy (non-hydrogen) atoms. The van der Waals surface area contributed by atoms with Crippen LogP contribution in [0.1, 0.15) is 13.8 Å². The van der Waals surface area contributed by atoms with Crippen LogP contribution >= 0.6 is 0 Å². The number of sulfone groups is 1. The molecule has 0 unspecified atom stereocenters. The predicted molar refractivity (Wildman–Crippen MR) is 77.4 cm³/mol. The van der Waals surface area contributed by atoms with E-state index in [1.807, 2.05) is 18.7 Å². The second kappa shape index (κ2) is 5.47. The fraction of sp³-hybridized carbons (Fsp3) is 0.538. The fourth-order valence-electron chi connectivity index (χ4n) is 2.13. The smallest absolute Gasteiger partial charge is 0.167 e. The lowest BCUT2D eigenvalue weighted by Gasteiger charge is -2.30. The molecule has 2 N–H and O–H groups in total. The molecule has 0 aromatic heterocycles. The molecule has 2 rings (SSSR count). The van der Waals surface area contributed by atoms with E-state index >= 15 is 0 Å². The van der Waals surface area contributed by atoms with Crippen molar-refractivity contribution in [2.75, 3.05) is 35.2 Å². The number of nitrogens with zero attached hydrogens (tertiary/aromatic N) is 1. The molecular weight excluding hydrogens is 283 g/mol. The van der Waals surface area contributed by atoms with Crippen LogP contribution < -0.4 is 15.4 Å². The van der Waals surface area contributed by atoms with Crippen LogP contribution in [0.4, 0.5) is 15.8 Å². The summed E-state index contributed by atoms with van der Waals surface area (Å²) in [4.78, 5) is 1.85. The van der Waals surface area contributed by atoms with E-state index in [-0.39, 0.29) is 29.0 Å². The highest BCUT2D eigenvalue weighted by molar-refractivity contribution is 7.91. The first-order chi connectivity index (χ1) is 9.28. The average molecular weight is 302 g/mol. The molecule has 0 bridgehead atoms. The Bertz CT molecular complexity index is 588. The van der Waals surface area contributed by atoms with Gasteiger partial charge in [0.2, 0.25) is 0 Å². The molecule has 7 heteroatoms. The lowest BCUT2D eigenvalue weighted by molar-refractivity contribution is 0.231. The van der Waals surface area contributed by atoms with Gasteiger partial charge in [0.1, 0.15) is 0 Å². The van der Waals surface area contributed by atoms with E-state index in [0.717, 1.165) is 0 Å². The maximum atomic E-state index is 13.8. The summed E-state index contributed by atoms with van der Waals surface area (Å²) in [7, 11) is -2.96. The summed E-state index contributed by atoms with van der Waals surface area (Å²) >= 11 is 0. The van der Waals surface area contributed by atoms with Crippen LogP contribution in [0.5, 0.6) is 5.75 Å². The molecule has 1 saturated heterocycles. The first-order valence-electron chi connectivity index (χ1n) is 6.49. The third-order valence-electron chi connectivity index (χ3n) is 3.13. The SMILES string of the molecule is CC(C)Oc1cc(N2CCS(=O)(=O)CC2)c(N)cc1F. The van der Waals surface area contributed by atoms with Gasteiger partial charge in [-0.25, -0.2) is 12.8 Å². The predicted octanol–water partition coefficient (Wildman–Crippen LogP) is 1.43. The molecule has 1 heterocycles. The van der Waals surface area contributed by atoms with Crippen LogP contribution in [-0.4, -0.2) is 39.1 Å². The number of nitrogens with two attached hydrogens (primary N) is 1. The number of nitrogen functional groups attached to an aromatic ring is 1. The van der Waals surface area contributed by atoms with E-state index in [4.69, 9.17) is 10.5 Å². The maximum absolute atomic E-state index is 13.8. The monoisotopic (exact) mass is 302 g/mol. The Labute approximate surface area is 118 Å². The number of anilines is 2. The molecule has 1 fully saturated rings. The highest BCUT2D eigenvalue weighted by atomic mass is 32.2. The van der Waals surface area contributed by atoms with Crippen LogP contribution in [-0.2, 0) is 9.84 Å². The zero-order valence-corrected chi connectivity index (χ0v) is 12.4. The van der Waals surface area contributed by atoms with Gasteiger partial charge in [-0.2, -0.15) is 0 Å². The molecule has 5 nitrogen and oxygen atoms in total. The van der Waals surface area contributed by atoms with Crippen molar-refractivity contribution >= 4 is 21.2 Å². The molecule has 0 amide bonds. The quantitative estimate of drug-likeness (QED) is 0.855. The largest absolute Gasteiger partial charge is 0.488 e. The van der Waals surface area contributed by atoms with Crippen molar-refractivity contribution in [3.05, 3.63) is 17.9 Å². The molecule has 0 saturated carbocycles. The molecular formula is C13H19FN2O3S. The van der Waals surface area contributed by atoms with E-state index in [1.54, 1.807) is 6.07 Å². The Kier molecular flexibility index (Phi) is 4.08. The minimum absolute atomic E-state index is 0.0875. The normalized spacial score (nSPS) is 18.3. The average Bonchev–Trinajstić information content (AvgIpc) is 2.33. The summed E-state index contributed by atoms with van der Waals surface area (Å²) < 4.78 is 42.0. The lowest BCUT2D eigenvalue weighted by atomic mass is 10.2. The Hall–Kier alpha value is -1.50. The van der Waals surface area contributed by atoms with Gasteiger partial charge in [0, 0.05) is 25.2 Å². The number of ether oxygens (including phenoxy) is 1. The van der Waals surface area contributed by atoms with Gasteiger partial charge in [0.25, 0.3) is 0 Å². The van der Waals surface area contributed by atoms with E-state index < -0.39 is 15.7 Å². The second-order valence-corrected chi connectivity index (χ2v) is 7.45. The molecule has 1 aromatic rings. The molecule has 1 aromatic carbocycles. The van der Waals surface area contributed by atoms with Gasteiger partial charge >= 0.3 is 0 Å². The lowest BCUT2D eigenvalue weighted by Crippen LogP contribution is -2.40. The summed E-state index contributed by atoms with van der Waals surface area (Å²) in [6, 6.07) is 2.76. The first-order valence-corrected chi connectivity index (χ1v) is 8.31. The van der Waals surface area contributed by atoms with Crippen molar-refractivity contribution in [2.45, 2.75) is 20.0 Å². The Morgan fingerprint density at radius 3 is 2.45 bits per heavy atom.